The Morgan fingerprint density at radius 2 is 2.10 bits per heavy atom. The highest BCUT2D eigenvalue weighted by molar-refractivity contribution is 4.66. The van der Waals surface area contributed by atoms with Crippen molar-refractivity contribution in [2.24, 2.45) is 0 Å². The molecule has 1 saturated heterocycles. The summed E-state index contributed by atoms with van der Waals surface area (Å²) < 4.78 is 15.2. The van der Waals surface area contributed by atoms with E-state index in [1.807, 2.05) is 6.92 Å². The Balaban J connectivity index is 1.68. The molecule has 0 spiro atoms. The average Bonchev–Trinajstić information content (AvgIpc) is 2.71. The number of epoxide rings is 1. The van der Waals surface area contributed by atoms with Crippen molar-refractivity contribution in [2.75, 3.05) is 33.0 Å². The van der Waals surface area contributed by atoms with Crippen molar-refractivity contribution >= 4 is 0 Å². The SMILES string of the molecule is CCOCCOCC1CO1. The molecule has 1 rings (SSSR count). The average molecular weight is 146 g/mol. The molecule has 60 valence electrons. The summed E-state index contributed by atoms with van der Waals surface area (Å²) in [6, 6.07) is 0. The van der Waals surface area contributed by atoms with Crippen LogP contribution in [0.1, 0.15) is 6.92 Å². The third kappa shape index (κ3) is 3.82. The van der Waals surface area contributed by atoms with E-state index in [0.717, 1.165) is 19.8 Å². The first kappa shape index (κ1) is 7.98. The third-order valence-corrected chi connectivity index (χ3v) is 1.28. The monoisotopic (exact) mass is 146 g/mol. The Hall–Kier alpha value is -0.120. The molecule has 0 aromatic rings. The predicted octanol–water partition coefficient (Wildman–Crippen LogP) is 0.438. The van der Waals surface area contributed by atoms with Crippen LogP contribution in [-0.4, -0.2) is 39.1 Å². The van der Waals surface area contributed by atoms with Gasteiger partial charge in [-0.15, -0.1) is 0 Å². The van der Waals surface area contributed by atoms with Gasteiger partial charge < -0.3 is 14.2 Å². The van der Waals surface area contributed by atoms with Crippen LogP contribution < -0.4 is 0 Å². The minimum absolute atomic E-state index is 0.377. The number of hydrogen-bond acceptors (Lipinski definition) is 3. The molecule has 0 aromatic heterocycles. The first-order valence-electron chi connectivity index (χ1n) is 3.70. The molecule has 0 bridgehead atoms. The van der Waals surface area contributed by atoms with Crippen LogP contribution in [0.15, 0.2) is 0 Å². The lowest BCUT2D eigenvalue weighted by Gasteiger charge is -2.00. The van der Waals surface area contributed by atoms with E-state index >= 15 is 0 Å². The molecule has 0 aliphatic carbocycles. The Morgan fingerprint density at radius 1 is 1.40 bits per heavy atom. The predicted molar refractivity (Wildman–Crippen MR) is 37.1 cm³/mol. The van der Waals surface area contributed by atoms with Gasteiger partial charge in [0.1, 0.15) is 6.10 Å². The van der Waals surface area contributed by atoms with Gasteiger partial charge >= 0.3 is 0 Å². The maximum absolute atomic E-state index is 5.21. The van der Waals surface area contributed by atoms with Crippen LogP contribution in [0.25, 0.3) is 0 Å². The van der Waals surface area contributed by atoms with Crippen LogP contribution in [-0.2, 0) is 14.2 Å². The van der Waals surface area contributed by atoms with Gasteiger partial charge in [0.25, 0.3) is 0 Å². The molecular formula is C7H14O3. The van der Waals surface area contributed by atoms with Crippen molar-refractivity contribution in [3.05, 3.63) is 0 Å². The molecule has 3 nitrogen and oxygen atoms in total. The minimum Gasteiger partial charge on any atom is -0.379 e. The lowest BCUT2D eigenvalue weighted by molar-refractivity contribution is 0.0464. The second-order valence-corrected chi connectivity index (χ2v) is 2.23. The van der Waals surface area contributed by atoms with Gasteiger partial charge in [-0.2, -0.15) is 0 Å². The molecule has 1 fully saturated rings. The van der Waals surface area contributed by atoms with Gasteiger partial charge in [0.2, 0.25) is 0 Å². The summed E-state index contributed by atoms with van der Waals surface area (Å²) in [6.45, 7) is 5.73. The summed E-state index contributed by atoms with van der Waals surface area (Å²) in [6.07, 6.45) is 0.377. The van der Waals surface area contributed by atoms with Crippen molar-refractivity contribution in [1.82, 2.24) is 0 Å². The molecule has 1 aliphatic rings. The van der Waals surface area contributed by atoms with Crippen molar-refractivity contribution in [3.8, 4) is 0 Å². The topological polar surface area (TPSA) is 31.0 Å². The first-order chi connectivity index (χ1) is 4.93. The fraction of sp³-hybridized carbons (Fsp3) is 1.00. The van der Waals surface area contributed by atoms with Crippen LogP contribution in [0.2, 0.25) is 0 Å². The molecule has 1 atom stereocenters. The quantitative estimate of drug-likeness (QED) is 0.402. The van der Waals surface area contributed by atoms with Crippen LogP contribution >= 0.6 is 0 Å². The molecule has 0 amide bonds. The van der Waals surface area contributed by atoms with Gasteiger partial charge in [0, 0.05) is 6.61 Å². The van der Waals surface area contributed by atoms with E-state index < -0.39 is 0 Å². The number of ether oxygens (including phenoxy) is 3. The van der Waals surface area contributed by atoms with Crippen molar-refractivity contribution < 1.29 is 14.2 Å². The highest BCUT2D eigenvalue weighted by Gasteiger charge is 2.21. The number of rotatable bonds is 6. The van der Waals surface area contributed by atoms with E-state index in [0.29, 0.717) is 19.3 Å². The zero-order valence-corrected chi connectivity index (χ0v) is 6.34. The molecule has 0 aromatic carbocycles. The Morgan fingerprint density at radius 3 is 2.70 bits per heavy atom. The summed E-state index contributed by atoms with van der Waals surface area (Å²) in [5.74, 6) is 0. The highest BCUT2D eigenvalue weighted by Crippen LogP contribution is 2.07. The molecule has 0 N–H and O–H groups in total. The zero-order chi connectivity index (χ0) is 7.23. The molecule has 1 aliphatic heterocycles. The summed E-state index contributed by atoms with van der Waals surface area (Å²) in [5.41, 5.74) is 0. The molecule has 0 saturated carbocycles. The normalized spacial score (nSPS) is 23.1. The molecule has 1 unspecified atom stereocenters. The van der Waals surface area contributed by atoms with E-state index in [-0.39, 0.29) is 0 Å². The zero-order valence-electron chi connectivity index (χ0n) is 6.34. The van der Waals surface area contributed by atoms with E-state index in [2.05, 4.69) is 0 Å². The summed E-state index contributed by atoms with van der Waals surface area (Å²) in [5, 5.41) is 0. The van der Waals surface area contributed by atoms with Crippen molar-refractivity contribution in [2.45, 2.75) is 13.0 Å². The van der Waals surface area contributed by atoms with Crippen LogP contribution in [0.3, 0.4) is 0 Å². The van der Waals surface area contributed by atoms with E-state index in [1.165, 1.54) is 0 Å². The lowest BCUT2D eigenvalue weighted by atomic mass is 10.5. The van der Waals surface area contributed by atoms with Gasteiger partial charge in [-0.25, -0.2) is 0 Å². The van der Waals surface area contributed by atoms with Gasteiger partial charge in [-0.1, -0.05) is 0 Å². The minimum atomic E-state index is 0.377. The van der Waals surface area contributed by atoms with E-state index in [4.69, 9.17) is 14.2 Å². The highest BCUT2D eigenvalue weighted by atomic mass is 16.6. The first-order valence-corrected chi connectivity index (χ1v) is 3.70. The smallest absolute Gasteiger partial charge is 0.104 e. The Kier molecular flexibility index (Phi) is 3.72. The summed E-state index contributed by atoms with van der Waals surface area (Å²) in [7, 11) is 0. The van der Waals surface area contributed by atoms with E-state index in [9.17, 15) is 0 Å². The largest absolute Gasteiger partial charge is 0.379 e. The molecule has 1 heterocycles. The lowest BCUT2D eigenvalue weighted by Crippen LogP contribution is -2.07. The molecular weight excluding hydrogens is 132 g/mol. The maximum Gasteiger partial charge on any atom is 0.104 e. The second-order valence-electron chi connectivity index (χ2n) is 2.23. The molecule has 3 heteroatoms. The van der Waals surface area contributed by atoms with Crippen LogP contribution in [0.4, 0.5) is 0 Å². The van der Waals surface area contributed by atoms with E-state index in [1.54, 1.807) is 0 Å². The fourth-order valence-electron chi connectivity index (χ4n) is 0.641. The number of hydrogen-bond donors (Lipinski definition) is 0. The van der Waals surface area contributed by atoms with Gasteiger partial charge in [-0.3, -0.25) is 0 Å². The Bertz CT molecular complexity index is 80.9. The summed E-state index contributed by atoms with van der Waals surface area (Å²) in [4.78, 5) is 0. The Labute approximate surface area is 61.3 Å². The van der Waals surface area contributed by atoms with Crippen LogP contribution in [0, 0.1) is 0 Å². The van der Waals surface area contributed by atoms with Crippen molar-refractivity contribution in [1.29, 1.82) is 0 Å². The van der Waals surface area contributed by atoms with Gasteiger partial charge in [-0.05, 0) is 6.92 Å². The fourth-order valence-corrected chi connectivity index (χ4v) is 0.641. The maximum atomic E-state index is 5.21. The molecule has 10 heavy (non-hydrogen) atoms. The third-order valence-electron chi connectivity index (χ3n) is 1.28. The van der Waals surface area contributed by atoms with Crippen molar-refractivity contribution in [3.63, 3.8) is 0 Å². The van der Waals surface area contributed by atoms with Crippen LogP contribution in [0.5, 0.6) is 0 Å². The molecule has 0 radical (unpaired) electrons. The second kappa shape index (κ2) is 4.66. The van der Waals surface area contributed by atoms with Gasteiger partial charge in [0.05, 0.1) is 26.4 Å². The van der Waals surface area contributed by atoms with Gasteiger partial charge in [0.15, 0.2) is 0 Å². The standard InChI is InChI=1S/C7H14O3/c1-2-8-3-4-9-5-7-6-10-7/h7H,2-6H2,1H3. The summed E-state index contributed by atoms with van der Waals surface area (Å²) >= 11 is 0.